The summed E-state index contributed by atoms with van der Waals surface area (Å²) in [5, 5.41) is 5.79. The van der Waals surface area contributed by atoms with Crippen LogP contribution >= 0.6 is 0 Å². The van der Waals surface area contributed by atoms with Crippen molar-refractivity contribution in [2.45, 2.75) is 19.5 Å². The fourth-order valence-corrected chi connectivity index (χ4v) is 2.68. The average molecular weight is 386 g/mol. The van der Waals surface area contributed by atoms with Gasteiger partial charge in [-0.05, 0) is 30.2 Å². The normalized spacial score (nSPS) is 12.4. The van der Waals surface area contributed by atoms with E-state index in [-0.39, 0.29) is 5.57 Å². The Morgan fingerprint density at radius 1 is 1.00 bits per heavy atom. The molecule has 0 spiro atoms. The van der Waals surface area contributed by atoms with Crippen molar-refractivity contribution in [1.82, 2.24) is 10.6 Å². The van der Waals surface area contributed by atoms with Gasteiger partial charge in [0.25, 0.3) is 0 Å². The Kier molecular flexibility index (Phi) is 7.56. The first kappa shape index (κ1) is 21.0. The minimum atomic E-state index is -0.885. The number of esters is 1. The first-order chi connectivity index (χ1) is 13.5. The van der Waals surface area contributed by atoms with Crippen molar-refractivity contribution in [2.75, 3.05) is 14.2 Å². The number of amides is 1. The third kappa shape index (κ3) is 5.57. The predicted octanol–water partition coefficient (Wildman–Crippen LogP) is 3.46. The molecule has 0 saturated heterocycles. The van der Waals surface area contributed by atoms with Crippen LogP contribution in [0.1, 0.15) is 24.1 Å². The molecule has 0 aliphatic rings. The summed E-state index contributed by atoms with van der Waals surface area (Å²) < 4.78 is 22.9. The molecule has 0 radical (unpaired) electrons. The van der Waals surface area contributed by atoms with E-state index >= 15 is 0 Å². The van der Waals surface area contributed by atoms with Crippen molar-refractivity contribution in [2.24, 2.45) is 0 Å². The number of halogens is 1. The van der Waals surface area contributed by atoms with Crippen LogP contribution < -0.4 is 10.6 Å². The highest BCUT2D eigenvalue weighted by Crippen LogP contribution is 2.26. The number of carbonyl (C=O) groups excluding carboxylic acids is 2. The lowest BCUT2D eigenvalue weighted by molar-refractivity contribution is -0.136. The van der Waals surface area contributed by atoms with Crippen molar-refractivity contribution in [3.05, 3.63) is 82.8 Å². The molecule has 0 aliphatic heterocycles. The first-order valence-corrected chi connectivity index (χ1v) is 8.63. The van der Waals surface area contributed by atoms with Gasteiger partial charge in [0.05, 0.1) is 25.8 Å². The molecule has 148 valence electrons. The third-order valence-electron chi connectivity index (χ3n) is 4.15. The number of hydrogen-bond donors (Lipinski definition) is 2. The van der Waals surface area contributed by atoms with E-state index in [1.54, 1.807) is 6.92 Å². The summed E-state index contributed by atoms with van der Waals surface area (Å²) in [4.78, 5) is 24.4. The second-order valence-electron chi connectivity index (χ2n) is 5.99. The molecule has 0 aliphatic carbocycles. The molecule has 2 aromatic rings. The van der Waals surface area contributed by atoms with Crippen molar-refractivity contribution < 1.29 is 23.5 Å². The number of nitrogens with one attached hydrogen (secondary N) is 2. The Hall–Kier alpha value is -3.35. The van der Waals surface area contributed by atoms with E-state index < -0.39 is 23.9 Å². The van der Waals surface area contributed by atoms with Crippen LogP contribution in [0.15, 0.2) is 65.9 Å². The maximum absolute atomic E-state index is 13.3. The quantitative estimate of drug-likeness (QED) is 0.563. The van der Waals surface area contributed by atoms with Gasteiger partial charge in [-0.25, -0.2) is 14.0 Å². The lowest BCUT2D eigenvalue weighted by Gasteiger charge is -2.23. The summed E-state index contributed by atoms with van der Waals surface area (Å²) in [6.07, 6.45) is -0.730. The molecule has 28 heavy (non-hydrogen) atoms. The lowest BCUT2D eigenvalue weighted by Crippen LogP contribution is -2.34. The first-order valence-electron chi connectivity index (χ1n) is 8.63. The summed E-state index contributed by atoms with van der Waals surface area (Å²) >= 11 is 0. The number of hydrogen-bond acceptors (Lipinski definition) is 5. The van der Waals surface area contributed by atoms with Crippen molar-refractivity contribution >= 4 is 12.1 Å². The van der Waals surface area contributed by atoms with Gasteiger partial charge in [0.2, 0.25) is 0 Å². The zero-order chi connectivity index (χ0) is 20.5. The number of allylic oxidation sites excluding steroid dienone is 1. The van der Waals surface area contributed by atoms with Crippen LogP contribution in [-0.4, -0.2) is 26.3 Å². The van der Waals surface area contributed by atoms with E-state index in [2.05, 4.69) is 15.4 Å². The maximum atomic E-state index is 13.3. The van der Waals surface area contributed by atoms with Gasteiger partial charge >= 0.3 is 12.1 Å². The summed E-state index contributed by atoms with van der Waals surface area (Å²) in [7, 11) is 2.48. The number of carbonyl (C=O) groups is 2. The smallest absolute Gasteiger partial charge is 0.407 e. The molecule has 0 bridgehead atoms. The molecule has 0 heterocycles. The Balaban J connectivity index is 2.42. The summed E-state index contributed by atoms with van der Waals surface area (Å²) in [5.74, 6) is -1.05. The van der Waals surface area contributed by atoms with Crippen LogP contribution in [-0.2, 0) is 20.8 Å². The minimum absolute atomic E-state index is 0.190. The predicted molar refractivity (Wildman–Crippen MR) is 103 cm³/mol. The Morgan fingerprint density at radius 2 is 1.64 bits per heavy atom. The van der Waals surface area contributed by atoms with E-state index in [9.17, 15) is 14.0 Å². The van der Waals surface area contributed by atoms with Gasteiger partial charge in [-0.15, -0.1) is 0 Å². The Morgan fingerprint density at radius 3 is 2.21 bits per heavy atom. The molecule has 2 N–H and O–H groups in total. The molecule has 2 rings (SSSR count). The zero-order valence-corrected chi connectivity index (χ0v) is 16.0. The van der Waals surface area contributed by atoms with Gasteiger partial charge in [0.1, 0.15) is 5.82 Å². The highest BCUT2D eigenvalue weighted by Gasteiger charge is 2.28. The van der Waals surface area contributed by atoms with Gasteiger partial charge < -0.3 is 20.1 Å². The van der Waals surface area contributed by atoms with E-state index in [1.165, 1.54) is 38.5 Å². The second kappa shape index (κ2) is 10.1. The number of methoxy groups -OCH3 is 2. The van der Waals surface area contributed by atoms with Gasteiger partial charge in [-0.1, -0.05) is 42.5 Å². The standard InChI is InChI=1S/C21H23FN2O4/c1-14(23-13-15-7-5-4-6-8-15)18(20(25)27-2)19(24-21(26)28-3)16-9-11-17(22)12-10-16/h4-12,19,23H,13H2,1-3H3,(H,24,26)/b18-14+. The van der Waals surface area contributed by atoms with Crippen molar-refractivity contribution in [3.63, 3.8) is 0 Å². The van der Waals surface area contributed by atoms with E-state index in [4.69, 9.17) is 4.74 Å². The molecule has 0 saturated carbocycles. The van der Waals surface area contributed by atoms with Gasteiger partial charge in [0.15, 0.2) is 0 Å². The minimum Gasteiger partial charge on any atom is -0.466 e. The number of rotatable bonds is 7. The van der Waals surface area contributed by atoms with Crippen LogP contribution in [0.2, 0.25) is 0 Å². The van der Waals surface area contributed by atoms with Crippen molar-refractivity contribution in [1.29, 1.82) is 0 Å². The molecular weight excluding hydrogens is 363 g/mol. The summed E-state index contributed by atoms with van der Waals surface area (Å²) in [6, 6.07) is 14.2. The number of alkyl carbamates (subject to hydrolysis) is 1. The molecule has 6 nitrogen and oxygen atoms in total. The molecule has 1 atom stereocenters. The maximum Gasteiger partial charge on any atom is 0.407 e. The van der Waals surface area contributed by atoms with E-state index in [0.717, 1.165) is 5.56 Å². The van der Waals surface area contributed by atoms with Crippen molar-refractivity contribution in [3.8, 4) is 0 Å². The van der Waals surface area contributed by atoms with Crippen LogP contribution in [0, 0.1) is 5.82 Å². The van der Waals surface area contributed by atoms with Gasteiger partial charge in [-0.2, -0.15) is 0 Å². The van der Waals surface area contributed by atoms with Gasteiger partial charge in [0, 0.05) is 12.2 Å². The lowest BCUT2D eigenvalue weighted by atomic mass is 9.96. The highest BCUT2D eigenvalue weighted by molar-refractivity contribution is 5.91. The molecule has 0 aromatic heterocycles. The molecule has 2 aromatic carbocycles. The van der Waals surface area contributed by atoms with Crippen LogP contribution in [0.3, 0.4) is 0 Å². The van der Waals surface area contributed by atoms with Crippen LogP contribution in [0.5, 0.6) is 0 Å². The Labute approximate surface area is 163 Å². The summed E-state index contributed by atoms with van der Waals surface area (Å²) in [5.41, 5.74) is 2.23. The third-order valence-corrected chi connectivity index (χ3v) is 4.15. The highest BCUT2D eigenvalue weighted by atomic mass is 19.1. The number of benzene rings is 2. The Bertz CT molecular complexity index is 835. The summed E-state index contributed by atoms with van der Waals surface area (Å²) in [6.45, 7) is 2.19. The van der Waals surface area contributed by atoms with E-state index in [0.29, 0.717) is 17.8 Å². The van der Waals surface area contributed by atoms with E-state index in [1.807, 2.05) is 30.3 Å². The molecule has 0 fully saturated rings. The fourth-order valence-electron chi connectivity index (χ4n) is 2.68. The van der Waals surface area contributed by atoms with Crippen LogP contribution in [0.25, 0.3) is 0 Å². The molecule has 1 unspecified atom stereocenters. The molecule has 7 heteroatoms. The second-order valence-corrected chi connectivity index (χ2v) is 5.99. The van der Waals surface area contributed by atoms with Gasteiger partial charge in [-0.3, -0.25) is 0 Å². The molecule has 1 amide bonds. The topological polar surface area (TPSA) is 76.7 Å². The monoisotopic (exact) mass is 386 g/mol. The number of ether oxygens (including phenoxy) is 2. The molecular formula is C21H23FN2O4. The zero-order valence-electron chi connectivity index (χ0n) is 16.0. The largest absolute Gasteiger partial charge is 0.466 e. The van der Waals surface area contributed by atoms with Crippen LogP contribution in [0.4, 0.5) is 9.18 Å². The average Bonchev–Trinajstić information content (AvgIpc) is 2.72. The fraction of sp³-hybridized carbons (Fsp3) is 0.238. The SMILES string of the molecule is COC(=O)NC(/C(C(=O)OC)=C(/C)NCc1ccccc1)c1ccc(F)cc1.